The molecule has 1 aromatic heterocycles. The zero-order chi connectivity index (χ0) is 10.4. The Morgan fingerprint density at radius 2 is 2.36 bits per heavy atom. The molecule has 0 aliphatic rings. The van der Waals surface area contributed by atoms with Gasteiger partial charge in [-0.2, -0.15) is 11.3 Å². The van der Waals surface area contributed by atoms with Crippen LogP contribution >= 0.6 is 11.3 Å². The van der Waals surface area contributed by atoms with Gasteiger partial charge in [0.2, 0.25) is 5.91 Å². The normalized spacial score (nSPS) is 10.7. The fourth-order valence-electron chi connectivity index (χ4n) is 1.08. The van der Waals surface area contributed by atoms with Crippen LogP contribution in [0.25, 0.3) is 6.08 Å². The van der Waals surface area contributed by atoms with E-state index in [0.29, 0.717) is 0 Å². The Labute approximate surface area is 88.6 Å². The van der Waals surface area contributed by atoms with Gasteiger partial charge in [-0.3, -0.25) is 4.79 Å². The van der Waals surface area contributed by atoms with Crippen molar-refractivity contribution in [2.75, 3.05) is 6.54 Å². The van der Waals surface area contributed by atoms with Gasteiger partial charge in [0, 0.05) is 13.5 Å². The summed E-state index contributed by atoms with van der Waals surface area (Å²) in [7, 11) is 0. The Kier molecular flexibility index (Phi) is 4.40. The van der Waals surface area contributed by atoms with Crippen LogP contribution in [-0.2, 0) is 4.79 Å². The Morgan fingerprint density at radius 3 is 2.93 bits per heavy atom. The number of aryl methyl sites for hydroxylation is 1. The number of rotatable bonds is 4. The van der Waals surface area contributed by atoms with E-state index in [1.807, 2.05) is 0 Å². The van der Waals surface area contributed by atoms with Gasteiger partial charge in [-0.05, 0) is 35.2 Å². The van der Waals surface area contributed by atoms with Gasteiger partial charge < -0.3 is 5.32 Å². The zero-order valence-corrected chi connectivity index (χ0v) is 9.36. The first-order valence-electron chi connectivity index (χ1n) is 4.64. The summed E-state index contributed by atoms with van der Waals surface area (Å²) in [4.78, 5) is 10.6. The molecule has 0 saturated heterocycles. The first kappa shape index (κ1) is 11.0. The van der Waals surface area contributed by atoms with E-state index in [4.69, 9.17) is 0 Å². The Morgan fingerprint density at radius 1 is 1.57 bits per heavy atom. The molecule has 1 aromatic rings. The summed E-state index contributed by atoms with van der Waals surface area (Å²) in [5.74, 6) is 0.0325. The molecule has 0 atom stereocenters. The van der Waals surface area contributed by atoms with Crippen LogP contribution in [0.5, 0.6) is 0 Å². The summed E-state index contributed by atoms with van der Waals surface area (Å²) in [6, 6.07) is 0. The van der Waals surface area contributed by atoms with E-state index in [1.165, 1.54) is 18.1 Å². The van der Waals surface area contributed by atoms with Crippen LogP contribution in [-0.4, -0.2) is 12.5 Å². The molecule has 0 aliphatic heterocycles. The molecule has 0 aromatic carbocycles. The number of hydrogen-bond acceptors (Lipinski definition) is 2. The molecule has 14 heavy (non-hydrogen) atoms. The van der Waals surface area contributed by atoms with Gasteiger partial charge >= 0.3 is 0 Å². The van der Waals surface area contributed by atoms with Gasteiger partial charge in [0.25, 0.3) is 0 Å². The smallest absolute Gasteiger partial charge is 0.216 e. The lowest BCUT2D eigenvalue weighted by atomic mass is 10.2. The van der Waals surface area contributed by atoms with Gasteiger partial charge in [-0.15, -0.1) is 0 Å². The molecule has 2 nitrogen and oxygen atoms in total. The maximum absolute atomic E-state index is 10.6. The fraction of sp³-hybridized carbons (Fsp3) is 0.364. The highest BCUT2D eigenvalue weighted by atomic mass is 32.1. The third-order valence-corrected chi connectivity index (χ3v) is 2.76. The van der Waals surface area contributed by atoms with Crippen LogP contribution in [0.3, 0.4) is 0 Å². The van der Waals surface area contributed by atoms with E-state index in [-0.39, 0.29) is 5.91 Å². The van der Waals surface area contributed by atoms with Gasteiger partial charge in [-0.25, -0.2) is 0 Å². The van der Waals surface area contributed by atoms with Crippen LogP contribution in [0.1, 0.15) is 24.5 Å². The lowest BCUT2D eigenvalue weighted by Gasteiger charge is -1.96. The van der Waals surface area contributed by atoms with Crippen molar-refractivity contribution in [3.05, 3.63) is 28.0 Å². The average molecular weight is 209 g/mol. The highest BCUT2D eigenvalue weighted by Gasteiger charge is 1.92. The van der Waals surface area contributed by atoms with E-state index in [9.17, 15) is 4.79 Å². The monoisotopic (exact) mass is 209 g/mol. The minimum absolute atomic E-state index is 0.0325. The predicted octanol–water partition coefficient (Wildman–Crippen LogP) is 2.60. The fourth-order valence-corrected chi connectivity index (χ4v) is 1.90. The van der Waals surface area contributed by atoms with Crippen LogP contribution < -0.4 is 5.32 Å². The SMILES string of the molecule is CC(=O)NCCC=Cc1cscc1C. The van der Waals surface area contributed by atoms with E-state index < -0.39 is 0 Å². The second kappa shape index (κ2) is 5.60. The molecule has 76 valence electrons. The molecule has 1 heterocycles. The number of carbonyl (C=O) groups is 1. The van der Waals surface area contributed by atoms with Crippen molar-refractivity contribution in [3.8, 4) is 0 Å². The van der Waals surface area contributed by atoms with Crippen LogP contribution in [0.4, 0.5) is 0 Å². The maximum atomic E-state index is 10.6. The van der Waals surface area contributed by atoms with Crippen molar-refractivity contribution in [2.24, 2.45) is 0 Å². The number of carbonyl (C=O) groups excluding carboxylic acids is 1. The molecule has 0 saturated carbocycles. The van der Waals surface area contributed by atoms with Crippen LogP contribution in [0.2, 0.25) is 0 Å². The Hall–Kier alpha value is -1.09. The molecular formula is C11H15NOS. The molecule has 0 aliphatic carbocycles. The predicted molar refractivity (Wildman–Crippen MR) is 61.4 cm³/mol. The lowest BCUT2D eigenvalue weighted by molar-refractivity contribution is -0.118. The molecule has 0 unspecified atom stereocenters. The lowest BCUT2D eigenvalue weighted by Crippen LogP contribution is -2.20. The van der Waals surface area contributed by atoms with E-state index in [0.717, 1.165) is 13.0 Å². The summed E-state index contributed by atoms with van der Waals surface area (Å²) in [5, 5.41) is 7.01. The third-order valence-electron chi connectivity index (χ3n) is 1.88. The molecule has 1 rings (SSSR count). The number of hydrogen-bond donors (Lipinski definition) is 1. The molecule has 0 bridgehead atoms. The van der Waals surface area contributed by atoms with Crippen LogP contribution in [0.15, 0.2) is 16.8 Å². The van der Waals surface area contributed by atoms with Crippen molar-refractivity contribution in [1.29, 1.82) is 0 Å². The maximum Gasteiger partial charge on any atom is 0.216 e. The highest BCUT2D eigenvalue weighted by Crippen LogP contribution is 2.15. The van der Waals surface area contributed by atoms with Crippen molar-refractivity contribution in [2.45, 2.75) is 20.3 Å². The zero-order valence-electron chi connectivity index (χ0n) is 8.54. The number of thiophene rings is 1. The second-order valence-corrected chi connectivity index (χ2v) is 3.93. The molecule has 0 fully saturated rings. The Balaban J connectivity index is 2.28. The Bertz CT molecular complexity index is 328. The number of amides is 1. The summed E-state index contributed by atoms with van der Waals surface area (Å²) in [6.45, 7) is 4.35. The molecule has 0 spiro atoms. The average Bonchev–Trinajstić information content (AvgIpc) is 2.51. The third kappa shape index (κ3) is 3.75. The standard InChI is InChI=1S/C11H15NOS/c1-9-7-14-8-11(9)5-3-4-6-12-10(2)13/h3,5,7-8H,4,6H2,1-2H3,(H,12,13). The molecule has 3 heteroatoms. The molecule has 0 radical (unpaired) electrons. The topological polar surface area (TPSA) is 29.1 Å². The molecule has 1 amide bonds. The number of nitrogens with one attached hydrogen (secondary N) is 1. The summed E-state index contributed by atoms with van der Waals surface area (Å²) in [5.41, 5.74) is 2.59. The molecule has 1 N–H and O–H groups in total. The summed E-state index contributed by atoms with van der Waals surface area (Å²) < 4.78 is 0. The quantitative estimate of drug-likeness (QED) is 0.759. The van der Waals surface area contributed by atoms with Crippen molar-refractivity contribution in [1.82, 2.24) is 5.32 Å². The van der Waals surface area contributed by atoms with Crippen LogP contribution in [0, 0.1) is 6.92 Å². The van der Waals surface area contributed by atoms with Crippen molar-refractivity contribution >= 4 is 23.3 Å². The van der Waals surface area contributed by atoms with E-state index >= 15 is 0 Å². The first-order chi connectivity index (χ1) is 6.70. The minimum atomic E-state index is 0.0325. The highest BCUT2D eigenvalue weighted by molar-refractivity contribution is 7.08. The summed E-state index contributed by atoms with van der Waals surface area (Å²) >= 11 is 1.71. The van der Waals surface area contributed by atoms with Crippen molar-refractivity contribution < 1.29 is 4.79 Å². The minimum Gasteiger partial charge on any atom is -0.356 e. The van der Waals surface area contributed by atoms with Gasteiger partial charge in [0.1, 0.15) is 0 Å². The van der Waals surface area contributed by atoms with Crippen molar-refractivity contribution in [3.63, 3.8) is 0 Å². The van der Waals surface area contributed by atoms with E-state index in [2.05, 4.69) is 35.2 Å². The first-order valence-corrected chi connectivity index (χ1v) is 5.58. The van der Waals surface area contributed by atoms with E-state index in [1.54, 1.807) is 11.3 Å². The second-order valence-electron chi connectivity index (χ2n) is 3.18. The molecular weight excluding hydrogens is 194 g/mol. The van der Waals surface area contributed by atoms with Gasteiger partial charge in [0.15, 0.2) is 0 Å². The van der Waals surface area contributed by atoms with Gasteiger partial charge in [-0.1, -0.05) is 12.2 Å². The largest absolute Gasteiger partial charge is 0.356 e. The summed E-state index contributed by atoms with van der Waals surface area (Å²) in [6.07, 6.45) is 5.08. The van der Waals surface area contributed by atoms with Gasteiger partial charge in [0.05, 0.1) is 0 Å².